The van der Waals surface area contributed by atoms with Crippen molar-refractivity contribution in [2.75, 3.05) is 6.67 Å². The minimum atomic E-state index is -4.91. The molecule has 0 spiro atoms. The highest BCUT2D eigenvalue weighted by atomic mass is 19.3. The number of hydrogen-bond acceptors (Lipinski definition) is 1. The number of nitrogens with zero attached hydrogens (tertiary/aromatic N) is 1. The summed E-state index contributed by atoms with van der Waals surface area (Å²) in [6, 6.07) is 0.00917. The van der Waals surface area contributed by atoms with Crippen LogP contribution < -0.4 is 0 Å². The molecule has 0 aromatic heterocycles. The summed E-state index contributed by atoms with van der Waals surface area (Å²) in [4.78, 5) is 0. The first-order valence-corrected chi connectivity index (χ1v) is 2.10. The molecule has 0 atom stereocenters. The molecule has 0 fully saturated rings. The molecule has 0 aliphatic carbocycles. The number of hydrogen-bond donors (Lipinski definition) is 0. The first-order valence-electron chi connectivity index (χ1n) is 2.10. The fourth-order valence-corrected chi connectivity index (χ4v) is 0.166. The summed E-state index contributed by atoms with van der Waals surface area (Å²) in [5, 5.41) is 7.41. The van der Waals surface area contributed by atoms with Gasteiger partial charge in [0, 0.05) is 0 Å². The first kappa shape index (κ1) is 9.14. The van der Waals surface area contributed by atoms with Gasteiger partial charge in [-0.2, -0.15) is 22.8 Å². The molecule has 0 N–H and O–H groups in total. The molecule has 0 heterocycles. The van der Waals surface area contributed by atoms with Gasteiger partial charge in [0.25, 0.3) is 0 Å². The molecule has 0 saturated carbocycles. The highest BCUT2D eigenvalue weighted by Crippen LogP contribution is 2.33. The molecule has 0 amide bonds. The average molecular weight is 159 g/mol. The smallest absolute Gasteiger partial charge is 0.244 e. The Bertz CT molecular complexity index is 158. The minimum Gasteiger partial charge on any atom is -0.244 e. The van der Waals surface area contributed by atoms with E-state index in [2.05, 4.69) is 0 Å². The van der Waals surface area contributed by atoms with Crippen LogP contribution in [0.3, 0.4) is 0 Å². The van der Waals surface area contributed by atoms with E-state index in [1.807, 2.05) is 0 Å². The summed E-state index contributed by atoms with van der Waals surface area (Å²) in [5.41, 5.74) is 0. The van der Waals surface area contributed by atoms with E-state index in [4.69, 9.17) is 5.26 Å². The van der Waals surface area contributed by atoms with Crippen LogP contribution in [0.5, 0.6) is 0 Å². The van der Waals surface area contributed by atoms with Crippen molar-refractivity contribution in [2.24, 2.45) is 0 Å². The van der Waals surface area contributed by atoms with E-state index in [9.17, 15) is 22.0 Å². The van der Waals surface area contributed by atoms with Crippen LogP contribution in [-0.4, -0.2) is 18.5 Å². The zero-order valence-corrected chi connectivity index (χ0v) is 4.54. The van der Waals surface area contributed by atoms with E-state index in [1.165, 1.54) is 0 Å². The second-order valence-electron chi connectivity index (χ2n) is 1.52. The fourth-order valence-electron chi connectivity index (χ4n) is 0.166. The molecule has 0 aliphatic rings. The van der Waals surface area contributed by atoms with E-state index in [-0.39, 0.29) is 6.07 Å². The summed E-state index contributed by atoms with van der Waals surface area (Å²) < 4.78 is 57.4. The Kier molecular flexibility index (Phi) is 2.20. The number of rotatable bonds is 2. The third-order valence-electron chi connectivity index (χ3n) is 0.768. The fraction of sp³-hybridized carbons (Fsp3) is 0.750. The van der Waals surface area contributed by atoms with Crippen LogP contribution in [0.2, 0.25) is 0 Å². The Labute approximate surface area is 53.1 Å². The maximum atomic E-state index is 11.6. The van der Waals surface area contributed by atoms with Gasteiger partial charge in [-0.25, -0.2) is 4.39 Å². The molecule has 0 unspecified atom stereocenters. The zero-order chi connectivity index (χ0) is 8.41. The topological polar surface area (TPSA) is 23.8 Å². The molecule has 0 saturated heterocycles. The lowest BCUT2D eigenvalue weighted by atomic mass is 10.2. The van der Waals surface area contributed by atoms with Crippen LogP contribution >= 0.6 is 0 Å². The van der Waals surface area contributed by atoms with Crippen LogP contribution in [0, 0.1) is 11.3 Å². The van der Waals surface area contributed by atoms with E-state index in [0.717, 1.165) is 0 Å². The van der Waals surface area contributed by atoms with Gasteiger partial charge in [0.1, 0.15) is 6.07 Å². The largest absolute Gasteiger partial charge is 0.396 e. The predicted octanol–water partition coefficient (Wildman–Crippen LogP) is 1.75. The van der Waals surface area contributed by atoms with Crippen molar-refractivity contribution in [1.82, 2.24) is 0 Å². The van der Waals surface area contributed by atoms with Crippen molar-refractivity contribution in [2.45, 2.75) is 11.8 Å². The van der Waals surface area contributed by atoms with Crippen molar-refractivity contribution in [3.05, 3.63) is 0 Å². The van der Waals surface area contributed by atoms with E-state index in [1.54, 1.807) is 0 Å². The Balaban J connectivity index is 4.49. The normalized spacial score (nSPS) is 12.8. The highest BCUT2D eigenvalue weighted by Gasteiger charge is 2.57. The Morgan fingerprint density at radius 1 is 1.20 bits per heavy atom. The lowest BCUT2D eigenvalue weighted by Crippen LogP contribution is -2.40. The van der Waals surface area contributed by atoms with Gasteiger partial charge in [-0.05, 0) is 0 Å². The summed E-state index contributed by atoms with van der Waals surface area (Å²) in [6.07, 6.45) is 0. The van der Waals surface area contributed by atoms with Crippen molar-refractivity contribution < 1.29 is 22.0 Å². The van der Waals surface area contributed by atoms with Gasteiger partial charge in [0.15, 0.2) is 6.67 Å². The number of halogens is 5. The standard InChI is InChI=1S/C4H2F5N/c5-1-3(6,7)4(8,9)2-10/h1H2. The van der Waals surface area contributed by atoms with Crippen molar-refractivity contribution >= 4 is 0 Å². The van der Waals surface area contributed by atoms with Gasteiger partial charge in [-0.15, -0.1) is 0 Å². The summed E-state index contributed by atoms with van der Waals surface area (Å²) >= 11 is 0. The Morgan fingerprint density at radius 3 is 1.70 bits per heavy atom. The molecular weight excluding hydrogens is 157 g/mol. The van der Waals surface area contributed by atoms with Crippen LogP contribution in [0.1, 0.15) is 0 Å². The third kappa shape index (κ3) is 1.35. The summed E-state index contributed by atoms with van der Waals surface area (Å²) in [5.74, 6) is -9.79. The molecule has 0 aliphatic heterocycles. The second-order valence-corrected chi connectivity index (χ2v) is 1.52. The second kappa shape index (κ2) is 2.40. The summed E-state index contributed by atoms with van der Waals surface area (Å²) in [7, 11) is 0. The van der Waals surface area contributed by atoms with Crippen molar-refractivity contribution in [3.8, 4) is 6.07 Å². The Hall–Kier alpha value is -0.860. The van der Waals surface area contributed by atoms with Gasteiger partial charge in [-0.1, -0.05) is 0 Å². The molecule has 10 heavy (non-hydrogen) atoms. The monoisotopic (exact) mass is 159 g/mol. The van der Waals surface area contributed by atoms with Crippen LogP contribution in [-0.2, 0) is 0 Å². The number of alkyl halides is 5. The van der Waals surface area contributed by atoms with Gasteiger partial charge < -0.3 is 0 Å². The quantitative estimate of drug-likeness (QED) is 0.563. The first-order chi connectivity index (χ1) is 4.37. The molecule has 1 nitrogen and oxygen atoms in total. The molecule has 58 valence electrons. The molecule has 0 rings (SSSR count). The maximum absolute atomic E-state index is 11.6. The van der Waals surface area contributed by atoms with Gasteiger partial charge in [0.05, 0.1) is 0 Å². The molecule has 0 aromatic carbocycles. The predicted molar refractivity (Wildman–Crippen MR) is 21.5 cm³/mol. The van der Waals surface area contributed by atoms with E-state index < -0.39 is 18.5 Å². The SMILES string of the molecule is N#CC(F)(F)C(F)(F)CF. The third-order valence-corrected chi connectivity index (χ3v) is 0.768. The highest BCUT2D eigenvalue weighted by molar-refractivity contribution is 5.01. The van der Waals surface area contributed by atoms with Gasteiger partial charge >= 0.3 is 11.8 Å². The average Bonchev–Trinajstić information content (AvgIpc) is 1.88. The molecule has 0 bridgehead atoms. The van der Waals surface area contributed by atoms with E-state index in [0.29, 0.717) is 0 Å². The molecular formula is C4H2F5N. The van der Waals surface area contributed by atoms with Gasteiger partial charge in [0.2, 0.25) is 0 Å². The van der Waals surface area contributed by atoms with Crippen molar-refractivity contribution in [1.29, 1.82) is 5.26 Å². The van der Waals surface area contributed by atoms with Crippen LogP contribution in [0.25, 0.3) is 0 Å². The van der Waals surface area contributed by atoms with Gasteiger partial charge in [-0.3, -0.25) is 0 Å². The maximum Gasteiger partial charge on any atom is 0.396 e. The Morgan fingerprint density at radius 2 is 1.60 bits per heavy atom. The lowest BCUT2D eigenvalue weighted by molar-refractivity contribution is -0.182. The van der Waals surface area contributed by atoms with E-state index >= 15 is 0 Å². The molecule has 6 heteroatoms. The molecule has 0 aromatic rings. The van der Waals surface area contributed by atoms with Crippen molar-refractivity contribution in [3.63, 3.8) is 0 Å². The van der Waals surface area contributed by atoms with Crippen LogP contribution in [0.4, 0.5) is 22.0 Å². The van der Waals surface area contributed by atoms with Crippen LogP contribution in [0.15, 0.2) is 0 Å². The minimum absolute atomic E-state index is 0.00917. The molecule has 0 radical (unpaired) electrons. The lowest BCUT2D eigenvalue weighted by Gasteiger charge is -2.16. The number of nitriles is 1. The summed E-state index contributed by atoms with van der Waals surface area (Å²) in [6.45, 7) is -2.53. The zero-order valence-electron chi connectivity index (χ0n) is 4.54.